The molecule has 0 heterocycles. The Balaban J connectivity index is 2.10. The second kappa shape index (κ2) is 4.70. The molecule has 0 radical (unpaired) electrons. The molecule has 1 atom stereocenters. The summed E-state index contributed by atoms with van der Waals surface area (Å²) in [4.78, 5) is 0. The van der Waals surface area contributed by atoms with Crippen molar-refractivity contribution >= 4 is 0 Å². The molecule has 1 aromatic carbocycles. The Kier molecular flexibility index (Phi) is 3.45. The fourth-order valence-corrected chi connectivity index (χ4v) is 2.36. The summed E-state index contributed by atoms with van der Waals surface area (Å²) in [6.07, 6.45) is 3.29. The zero-order chi connectivity index (χ0) is 12.5. The number of ether oxygens (including phenoxy) is 1. The third-order valence-corrected chi connectivity index (χ3v) is 3.74. The lowest BCUT2D eigenvalue weighted by atomic mass is 9.73. The third-order valence-electron chi connectivity index (χ3n) is 3.74. The molecule has 0 amide bonds. The van der Waals surface area contributed by atoms with Crippen molar-refractivity contribution in [3.8, 4) is 0 Å². The fraction of sp³-hybridized carbons (Fsp3) is 0.538. The van der Waals surface area contributed by atoms with Crippen molar-refractivity contribution in [1.82, 2.24) is 0 Å². The van der Waals surface area contributed by atoms with Crippen LogP contribution in [0.4, 0.5) is 8.78 Å². The van der Waals surface area contributed by atoms with Crippen molar-refractivity contribution in [3.63, 3.8) is 0 Å². The van der Waals surface area contributed by atoms with E-state index < -0.39 is 11.6 Å². The molecule has 4 heteroatoms. The highest BCUT2D eigenvalue weighted by atomic mass is 19.1. The molecule has 94 valence electrons. The summed E-state index contributed by atoms with van der Waals surface area (Å²) in [6, 6.07) is 3.35. The van der Waals surface area contributed by atoms with Crippen LogP contribution in [0.1, 0.15) is 24.8 Å². The van der Waals surface area contributed by atoms with Gasteiger partial charge < -0.3 is 10.5 Å². The third kappa shape index (κ3) is 2.33. The quantitative estimate of drug-likeness (QED) is 0.878. The minimum absolute atomic E-state index is 0.249. The lowest BCUT2D eigenvalue weighted by Gasteiger charge is -2.45. The van der Waals surface area contributed by atoms with Crippen LogP contribution in [0.2, 0.25) is 0 Å². The van der Waals surface area contributed by atoms with Crippen molar-refractivity contribution in [2.24, 2.45) is 5.73 Å². The molecule has 1 aromatic rings. The number of hydrogen-bond acceptors (Lipinski definition) is 2. The first kappa shape index (κ1) is 12.5. The van der Waals surface area contributed by atoms with E-state index in [9.17, 15) is 8.78 Å². The van der Waals surface area contributed by atoms with Crippen molar-refractivity contribution in [1.29, 1.82) is 0 Å². The number of nitrogens with two attached hydrogens (primary N) is 1. The Hall–Kier alpha value is -1.00. The molecule has 1 saturated carbocycles. The lowest BCUT2D eigenvalue weighted by Crippen LogP contribution is -2.55. The van der Waals surface area contributed by atoms with Crippen molar-refractivity contribution in [2.45, 2.75) is 37.3 Å². The van der Waals surface area contributed by atoms with Gasteiger partial charge in [-0.3, -0.25) is 0 Å². The van der Waals surface area contributed by atoms with E-state index >= 15 is 0 Å². The van der Waals surface area contributed by atoms with Crippen molar-refractivity contribution < 1.29 is 13.5 Å². The van der Waals surface area contributed by atoms with E-state index in [0.29, 0.717) is 12.0 Å². The molecule has 0 bridgehead atoms. The fourth-order valence-electron chi connectivity index (χ4n) is 2.36. The Labute approximate surface area is 99.8 Å². The van der Waals surface area contributed by atoms with E-state index in [-0.39, 0.29) is 11.6 Å². The number of halogens is 2. The smallest absolute Gasteiger partial charge is 0.129 e. The molecule has 2 rings (SSSR count). The average molecular weight is 241 g/mol. The Morgan fingerprint density at radius 3 is 2.59 bits per heavy atom. The number of hydrogen-bond donors (Lipinski definition) is 1. The normalized spacial score (nSPS) is 19.8. The number of methoxy groups -OCH3 is 1. The molecule has 0 aliphatic heterocycles. The summed E-state index contributed by atoms with van der Waals surface area (Å²) in [5.41, 5.74) is 6.21. The monoisotopic (exact) mass is 241 g/mol. The molecule has 0 spiro atoms. The van der Waals surface area contributed by atoms with Crippen LogP contribution in [0.3, 0.4) is 0 Å². The second-order valence-corrected chi connectivity index (χ2v) is 4.67. The Morgan fingerprint density at radius 1 is 1.41 bits per heavy atom. The van der Waals surface area contributed by atoms with Gasteiger partial charge in [0.1, 0.15) is 11.6 Å². The largest absolute Gasteiger partial charge is 0.377 e. The summed E-state index contributed by atoms with van der Waals surface area (Å²) < 4.78 is 31.7. The molecule has 1 unspecified atom stereocenters. The standard InChI is InChI=1S/C13H17F2NO/c1-17-13(5-2-6-13)12(16)7-9-3-4-10(14)8-11(9)15/h3-4,8,12H,2,5-7,16H2,1H3. The van der Waals surface area contributed by atoms with Gasteiger partial charge in [0.25, 0.3) is 0 Å². The molecule has 1 aliphatic rings. The molecule has 2 nitrogen and oxygen atoms in total. The lowest BCUT2D eigenvalue weighted by molar-refractivity contribution is -0.0898. The highest BCUT2D eigenvalue weighted by Gasteiger charge is 2.42. The maximum atomic E-state index is 13.5. The van der Waals surface area contributed by atoms with Gasteiger partial charge in [-0.1, -0.05) is 6.07 Å². The topological polar surface area (TPSA) is 35.2 Å². The van der Waals surface area contributed by atoms with Crippen LogP contribution in [0.25, 0.3) is 0 Å². The predicted molar refractivity (Wildman–Crippen MR) is 61.6 cm³/mol. The van der Waals surface area contributed by atoms with Crippen molar-refractivity contribution in [2.75, 3.05) is 7.11 Å². The first-order valence-corrected chi connectivity index (χ1v) is 5.82. The van der Waals surface area contributed by atoms with Gasteiger partial charge in [-0.05, 0) is 37.3 Å². The van der Waals surface area contributed by atoms with Crippen LogP contribution in [0, 0.1) is 11.6 Å². The van der Waals surface area contributed by atoms with E-state index in [1.54, 1.807) is 7.11 Å². The summed E-state index contributed by atoms with van der Waals surface area (Å²) in [6.45, 7) is 0. The van der Waals surface area contributed by atoms with E-state index in [0.717, 1.165) is 25.3 Å². The van der Waals surface area contributed by atoms with Crippen LogP contribution in [0.5, 0.6) is 0 Å². The minimum atomic E-state index is -0.565. The van der Waals surface area contributed by atoms with Crippen LogP contribution in [0.15, 0.2) is 18.2 Å². The van der Waals surface area contributed by atoms with E-state index in [4.69, 9.17) is 10.5 Å². The van der Waals surface area contributed by atoms with Crippen LogP contribution >= 0.6 is 0 Å². The zero-order valence-corrected chi connectivity index (χ0v) is 9.88. The molecule has 1 fully saturated rings. The minimum Gasteiger partial charge on any atom is -0.377 e. The molecule has 0 saturated heterocycles. The molecule has 0 aromatic heterocycles. The first-order valence-electron chi connectivity index (χ1n) is 5.82. The number of rotatable bonds is 4. The van der Waals surface area contributed by atoms with Gasteiger partial charge in [0.2, 0.25) is 0 Å². The summed E-state index contributed by atoms with van der Waals surface area (Å²) in [5, 5.41) is 0. The molecular weight excluding hydrogens is 224 g/mol. The van der Waals surface area contributed by atoms with Crippen molar-refractivity contribution in [3.05, 3.63) is 35.4 Å². The number of benzene rings is 1. The Bertz CT molecular complexity index is 399. The summed E-state index contributed by atoms with van der Waals surface area (Å²) >= 11 is 0. The SMILES string of the molecule is COC1(C(N)Cc2ccc(F)cc2F)CCC1. The van der Waals surface area contributed by atoms with E-state index in [1.807, 2.05) is 0 Å². The van der Waals surface area contributed by atoms with Crippen LogP contribution < -0.4 is 5.73 Å². The van der Waals surface area contributed by atoms with Crippen LogP contribution in [-0.4, -0.2) is 18.8 Å². The van der Waals surface area contributed by atoms with Gasteiger partial charge in [0, 0.05) is 19.2 Å². The summed E-state index contributed by atoms with van der Waals surface area (Å²) in [5.74, 6) is -1.10. The van der Waals surface area contributed by atoms with Gasteiger partial charge in [-0.2, -0.15) is 0 Å². The molecule has 17 heavy (non-hydrogen) atoms. The Morgan fingerprint density at radius 2 is 2.12 bits per heavy atom. The van der Waals surface area contributed by atoms with Gasteiger partial charge >= 0.3 is 0 Å². The van der Waals surface area contributed by atoms with Gasteiger partial charge in [0.05, 0.1) is 5.60 Å². The first-order chi connectivity index (χ1) is 8.07. The van der Waals surface area contributed by atoms with Gasteiger partial charge in [-0.25, -0.2) is 8.78 Å². The molecule has 2 N–H and O–H groups in total. The second-order valence-electron chi connectivity index (χ2n) is 4.67. The summed E-state index contributed by atoms with van der Waals surface area (Å²) in [7, 11) is 1.64. The molecular formula is C13H17F2NO. The zero-order valence-electron chi connectivity index (χ0n) is 9.88. The van der Waals surface area contributed by atoms with E-state index in [2.05, 4.69) is 0 Å². The van der Waals surface area contributed by atoms with Gasteiger partial charge in [-0.15, -0.1) is 0 Å². The maximum Gasteiger partial charge on any atom is 0.129 e. The van der Waals surface area contributed by atoms with Crippen LogP contribution in [-0.2, 0) is 11.2 Å². The predicted octanol–water partition coefficient (Wildman–Crippen LogP) is 2.40. The highest BCUT2D eigenvalue weighted by molar-refractivity contribution is 5.21. The average Bonchev–Trinajstić information content (AvgIpc) is 2.21. The van der Waals surface area contributed by atoms with Gasteiger partial charge in [0.15, 0.2) is 0 Å². The molecule has 1 aliphatic carbocycles. The van der Waals surface area contributed by atoms with E-state index in [1.165, 1.54) is 12.1 Å². The maximum absolute atomic E-state index is 13.5. The highest BCUT2D eigenvalue weighted by Crippen LogP contribution is 2.38.